The summed E-state index contributed by atoms with van der Waals surface area (Å²) >= 11 is 0. The van der Waals surface area contributed by atoms with Gasteiger partial charge in [-0.25, -0.2) is 0 Å². The van der Waals surface area contributed by atoms with Gasteiger partial charge in [-0.15, -0.1) is 0 Å². The third kappa shape index (κ3) is 2.47. The van der Waals surface area contributed by atoms with Crippen molar-refractivity contribution in [2.75, 3.05) is 0 Å². The van der Waals surface area contributed by atoms with E-state index < -0.39 is 34.6 Å². The smallest absolute Gasteiger partial charge is 0.186 e. The molecule has 3 N–H and O–H groups in total. The fourth-order valence-electron chi connectivity index (χ4n) is 9.57. The number of epoxide rings is 2. The van der Waals surface area contributed by atoms with E-state index >= 15 is 0 Å². The maximum atomic E-state index is 13.3. The molecule has 0 radical (unpaired) electrons. The number of carbonyl (C=O) groups excluding carboxylic acids is 1. The molecular formula is C28H38O7. The van der Waals surface area contributed by atoms with E-state index in [9.17, 15) is 20.1 Å². The third-order valence-electron chi connectivity index (χ3n) is 12.1. The first kappa shape index (κ1) is 23.1. The van der Waals surface area contributed by atoms with Gasteiger partial charge < -0.3 is 29.5 Å². The molecule has 0 aromatic heterocycles. The van der Waals surface area contributed by atoms with E-state index in [4.69, 9.17) is 14.2 Å². The Morgan fingerprint density at radius 3 is 2.60 bits per heavy atom. The molecule has 5 fully saturated rings. The van der Waals surface area contributed by atoms with Crippen molar-refractivity contribution < 1.29 is 34.3 Å². The Morgan fingerprint density at radius 2 is 1.89 bits per heavy atom. The fourth-order valence-corrected chi connectivity index (χ4v) is 9.57. The molecule has 7 heteroatoms. The Bertz CT molecular complexity index is 1070. The van der Waals surface area contributed by atoms with Crippen LogP contribution in [-0.2, 0) is 19.0 Å². The average Bonchev–Trinajstić information content (AvgIpc) is 3.67. The van der Waals surface area contributed by atoms with E-state index in [0.29, 0.717) is 12.8 Å². The zero-order chi connectivity index (χ0) is 24.9. The molecule has 0 unspecified atom stereocenters. The minimum atomic E-state index is -1.18. The highest BCUT2D eigenvalue weighted by Crippen LogP contribution is 2.71. The second kappa shape index (κ2) is 6.48. The average molecular weight is 487 g/mol. The molecule has 35 heavy (non-hydrogen) atoms. The van der Waals surface area contributed by atoms with Crippen molar-refractivity contribution in [3.05, 3.63) is 23.8 Å². The summed E-state index contributed by atoms with van der Waals surface area (Å²) in [5.74, 6) is -0.140. The van der Waals surface area contributed by atoms with Gasteiger partial charge in [0, 0.05) is 18.3 Å². The van der Waals surface area contributed by atoms with Gasteiger partial charge in [-0.2, -0.15) is 0 Å². The van der Waals surface area contributed by atoms with E-state index in [1.165, 1.54) is 5.57 Å². The second-order valence-corrected chi connectivity index (χ2v) is 13.4. The maximum Gasteiger partial charge on any atom is 0.186 e. The first-order valence-corrected chi connectivity index (χ1v) is 13.3. The van der Waals surface area contributed by atoms with Crippen LogP contribution in [0.25, 0.3) is 0 Å². The molecule has 0 aromatic carbocycles. The highest BCUT2D eigenvalue weighted by Gasteiger charge is 2.78. The van der Waals surface area contributed by atoms with Gasteiger partial charge in [0.05, 0.1) is 23.7 Å². The number of fused-ring (bicyclic) bond motifs is 9. The minimum Gasteiger partial charge on any atom is -0.389 e. The number of aliphatic hydroxyl groups is 3. The molecule has 2 saturated carbocycles. The quantitative estimate of drug-likeness (QED) is 0.406. The number of aliphatic hydroxyl groups excluding tert-OH is 2. The standard InChI is InChI=1S/C28H38O7/c1-13(17-12-25(3)27(5,35-25)23(31)33-17)15-11-16(29)20-19-14(8-10-24(15,20)2)26(4)18(30)7-6-9-28(26,32)22-21(19)34-22/h6-7,11,13-14,16-17,19-23,29,31-32H,8-10,12H2,1-5H3/t13-,14-,16+,17+,19+,20-,21-,22-,23+,24+,25-,26-,27+,28-/m0/s1. The van der Waals surface area contributed by atoms with E-state index in [2.05, 4.69) is 13.8 Å². The van der Waals surface area contributed by atoms with E-state index in [0.717, 1.165) is 12.8 Å². The Kier molecular flexibility index (Phi) is 4.27. The van der Waals surface area contributed by atoms with Crippen LogP contribution in [0.15, 0.2) is 23.8 Å². The van der Waals surface area contributed by atoms with Crippen LogP contribution in [0.1, 0.15) is 60.3 Å². The zero-order valence-electron chi connectivity index (χ0n) is 21.2. The van der Waals surface area contributed by atoms with Crippen molar-refractivity contribution in [3.8, 4) is 0 Å². The van der Waals surface area contributed by atoms with Gasteiger partial charge in [-0.1, -0.05) is 31.6 Å². The van der Waals surface area contributed by atoms with Gasteiger partial charge in [0.2, 0.25) is 0 Å². The van der Waals surface area contributed by atoms with Gasteiger partial charge in [0.1, 0.15) is 22.9 Å². The highest BCUT2D eigenvalue weighted by atomic mass is 16.7. The van der Waals surface area contributed by atoms with Crippen LogP contribution < -0.4 is 0 Å². The molecule has 0 amide bonds. The first-order chi connectivity index (χ1) is 16.3. The van der Waals surface area contributed by atoms with Crippen LogP contribution in [0.2, 0.25) is 0 Å². The van der Waals surface area contributed by atoms with Crippen molar-refractivity contribution in [2.45, 2.75) is 108 Å². The monoisotopic (exact) mass is 486 g/mol. The summed E-state index contributed by atoms with van der Waals surface area (Å²) in [6, 6.07) is 0. The van der Waals surface area contributed by atoms with Crippen LogP contribution in [0.4, 0.5) is 0 Å². The molecule has 7 aliphatic rings. The number of carbonyl (C=O) groups is 1. The van der Waals surface area contributed by atoms with Gasteiger partial charge in [-0.3, -0.25) is 4.79 Å². The lowest BCUT2D eigenvalue weighted by Crippen LogP contribution is -2.68. The molecule has 7 nitrogen and oxygen atoms in total. The number of rotatable bonds is 2. The van der Waals surface area contributed by atoms with Crippen LogP contribution in [0, 0.1) is 34.5 Å². The topological polar surface area (TPSA) is 112 Å². The summed E-state index contributed by atoms with van der Waals surface area (Å²) in [7, 11) is 0. The van der Waals surface area contributed by atoms with Crippen molar-refractivity contribution in [2.24, 2.45) is 34.5 Å². The summed E-state index contributed by atoms with van der Waals surface area (Å²) in [5.41, 5.74) is -2.22. The largest absolute Gasteiger partial charge is 0.389 e. The Morgan fingerprint density at radius 1 is 1.14 bits per heavy atom. The first-order valence-electron chi connectivity index (χ1n) is 13.3. The molecule has 3 aliphatic heterocycles. The second-order valence-electron chi connectivity index (χ2n) is 13.4. The van der Waals surface area contributed by atoms with Gasteiger partial charge in [0.15, 0.2) is 12.1 Å². The Balaban J connectivity index is 1.21. The molecule has 0 spiro atoms. The molecule has 4 aliphatic carbocycles. The zero-order valence-corrected chi connectivity index (χ0v) is 21.2. The number of ketones is 1. The van der Waals surface area contributed by atoms with E-state index in [1.54, 1.807) is 12.2 Å². The lowest BCUT2D eigenvalue weighted by atomic mass is 9.43. The van der Waals surface area contributed by atoms with E-state index in [1.807, 2.05) is 26.8 Å². The minimum absolute atomic E-state index is 0.000800. The SMILES string of the molecule is C[C@@H](C1=C[C@@H](O)[C@H]2[C@@H]3[C@@H]4O[C@@H]4[C@@]4(O)CC=CC(=O)[C@]4(C)[C@H]3CC[C@]12C)[C@H]1C[C@]2(C)O[C@]2(C)[C@H](O)O1. The molecule has 0 bridgehead atoms. The van der Waals surface area contributed by atoms with Gasteiger partial charge in [0.25, 0.3) is 0 Å². The van der Waals surface area contributed by atoms with Gasteiger partial charge in [-0.05, 0) is 63.4 Å². The molecule has 7 rings (SSSR count). The van der Waals surface area contributed by atoms with E-state index in [-0.39, 0.29) is 53.2 Å². The molecule has 3 saturated heterocycles. The predicted octanol–water partition coefficient (Wildman–Crippen LogP) is 2.27. The lowest BCUT2D eigenvalue weighted by molar-refractivity contribution is -0.194. The maximum absolute atomic E-state index is 13.3. The van der Waals surface area contributed by atoms with Crippen LogP contribution in [0.5, 0.6) is 0 Å². The summed E-state index contributed by atoms with van der Waals surface area (Å²) in [4.78, 5) is 13.3. The van der Waals surface area contributed by atoms with Gasteiger partial charge >= 0.3 is 0 Å². The summed E-state index contributed by atoms with van der Waals surface area (Å²) in [6.45, 7) is 10.2. The lowest BCUT2D eigenvalue weighted by Gasteiger charge is -2.60. The van der Waals surface area contributed by atoms with Crippen molar-refractivity contribution in [1.29, 1.82) is 0 Å². The normalized spacial score (nSPS) is 62.6. The Labute approximate surface area is 206 Å². The molecule has 0 aromatic rings. The van der Waals surface area contributed by atoms with Crippen LogP contribution in [-0.4, -0.2) is 68.6 Å². The van der Waals surface area contributed by atoms with Crippen LogP contribution >= 0.6 is 0 Å². The van der Waals surface area contributed by atoms with Crippen LogP contribution in [0.3, 0.4) is 0 Å². The van der Waals surface area contributed by atoms with Crippen molar-refractivity contribution >= 4 is 5.78 Å². The third-order valence-corrected chi connectivity index (χ3v) is 12.1. The number of allylic oxidation sites excluding steroid dienone is 1. The summed E-state index contributed by atoms with van der Waals surface area (Å²) < 4.78 is 18.2. The fraction of sp³-hybridized carbons (Fsp3) is 0.821. The van der Waals surface area contributed by atoms with Crippen molar-refractivity contribution in [1.82, 2.24) is 0 Å². The molecule has 3 heterocycles. The predicted molar refractivity (Wildman–Crippen MR) is 125 cm³/mol. The summed E-state index contributed by atoms with van der Waals surface area (Å²) in [5, 5.41) is 33.9. The molecular weight excluding hydrogens is 448 g/mol. The highest BCUT2D eigenvalue weighted by molar-refractivity contribution is 5.97. The van der Waals surface area contributed by atoms with Crippen molar-refractivity contribution in [3.63, 3.8) is 0 Å². The summed E-state index contributed by atoms with van der Waals surface area (Å²) in [6.07, 6.45) is 5.88. The number of hydrogen-bond donors (Lipinski definition) is 3. The Hall–Kier alpha value is -1.09. The molecule has 14 atom stereocenters. The molecule has 192 valence electrons. The number of ether oxygens (including phenoxy) is 3. The number of hydrogen-bond acceptors (Lipinski definition) is 7.